The van der Waals surface area contributed by atoms with Gasteiger partial charge in [0.2, 0.25) is 0 Å². The summed E-state index contributed by atoms with van der Waals surface area (Å²) in [4.78, 5) is 4.34. The average molecular weight is 282 g/mol. The number of nitrogens with two attached hydrogens (primary N) is 1. The molecule has 0 aliphatic heterocycles. The van der Waals surface area contributed by atoms with Gasteiger partial charge >= 0.3 is 0 Å². The molecular formula is C17H18N2S. The molecule has 3 rings (SSSR count). The summed E-state index contributed by atoms with van der Waals surface area (Å²) in [5.74, 6) is 0. The van der Waals surface area contributed by atoms with E-state index in [1.165, 1.54) is 15.6 Å². The van der Waals surface area contributed by atoms with Gasteiger partial charge in [0.1, 0.15) is 0 Å². The number of thiophene rings is 1. The molecule has 102 valence electrons. The third kappa shape index (κ3) is 3.06. The molecule has 0 spiro atoms. The highest BCUT2D eigenvalue weighted by Gasteiger charge is 2.09. The summed E-state index contributed by atoms with van der Waals surface area (Å²) in [5, 5.41) is 3.59. The Balaban J connectivity index is 1.63. The highest BCUT2D eigenvalue weighted by Crippen LogP contribution is 2.26. The number of aryl methyl sites for hydroxylation is 1. The standard InChI is InChI=1S/C17H18N2S/c18-14(8-9-15-5-3-4-10-19-15)11-13-12-20-17-7-2-1-6-16(13)17/h1-7,10,12,14H,8-9,11,18H2. The molecule has 0 radical (unpaired) electrons. The number of benzene rings is 1. The molecule has 0 bridgehead atoms. The predicted octanol–water partition coefficient (Wildman–Crippen LogP) is 3.80. The summed E-state index contributed by atoms with van der Waals surface area (Å²) < 4.78 is 1.35. The number of fused-ring (bicyclic) bond motifs is 1. The van der Waals surface area contributed by atoms with Gasteiger partial charge in [-0.3, -0.25) is 4.98 Å². The second-order valence-corrected chi connectivity index (χ2v) is 5.99. The average Bonchev–Trinajstić information content (AvgIpc) is 2.90. The van der Waals surface area contributed by atoms with Crippen molar-refractivity contribution in [2.45, 2.75) is 25.3 Å². The summed E-state index contributed by atoms with van der Waals surface area (Å²) in [7, 11) is 0. The molecular weight excluding hydrogens is 264 g/mol. The highest BCUT2D eigenvalue weighted by atomic mass is 32.1. The van der Waals surface area contributed by atoms with Crippen molar-refractivity contribution in [3.05, 3.63) is 65.3 Å². The maximum atomic E-state index is 6.28. The van der Waals surface area contributed by atoms with E-state index in [-0.39, 0.29) is 6.04 Å². The fourth-order valence-electron chi connectivity index (χ4n) is 2.45. The Morgan fingerprint density at radius 2 is 1.95 bits per heavy atom. The minimum atomic E-state index is 0.190. The quantitative estimate of drug-likeness (QED) is 0.773. The van der Waals surface area contributed by atoms with Gasteiger partial charge in [0, 0.05) is 22.6 Å². The van der Waals surface area contributed by atoms with Crippen molar-refractivity contribution >= 4 is 21.4 Å². The van der Waals surface area contributed by atoms with Gasteiger partial charge in [-0.1, -0.05) is 24.3 Å². The van der Waals surface area contributed by atoms with Crippen LogP contribution < -0.4 is 5.73 Å². The zero-order chi connectivity index (χ0) is 13.8. The van der Waals surface area contributed by atoms with Crippen molar-refractivity contribution in [2.75, 3.05) is 0 Å². The molecule has 3 aromatic rings. The Hall–Kier alpha value is -1.71. The first-order chi connectivity index (χ1) is 9.83. The van der Waals surface area contributed by atoms with Crippen LogP contribution in [0.1, 0.15) is 17.7 Å². The first-order valence-corrected chi connectivity index (χ1v) is 7.81. The van der Waals surface area contributed by atoms with Crippen LogP contribution in [0.3, 0.4) is 0 Å². The molecule has 20 heavy (non-hydrogen) atoms. The summed E-state index contributed by atoms with van der Waals surface area (Å²) in [5.41, 5.74) is 8.78. The smallest absolute Gasteiger partial charge is 0.0404 e. The molecule has 0 saturated carbocycles. The number of pyridine rings is 1. The van der Waals surface area contributed by atoms with Crippen LogP contribution in [0, 0.1) is 0 Å². The van der Waals surface area contributed by atoms with Crippen LogP contribution in [0.2, 0.25) is 0 Å². The van der Waals surface area contributed by atoms with Gasteiger partial charge in [0.05, 0.1) is 0 Å². The van der Waals surface area contributed by atoms with Crippen LogP contribution in [0.5, 0.6) is 0 Å². The van der Waals surface area contributed by atoms with Crippen LogP contribution in [0.4, 0.5) is 0 Å². The minimum Gasteiger partial charge on any atom is -0.327 e. The van der Waals surface area contributed by atoms with Crippen LogP contribution in [0.15, 0.2) is 54.0 Å². The van der Waals surface area contributed by atoms with E-state index >= 15 is 0 Å². The lowest BCUT2D eigenvalue weighted by Gasteiger charge is -2.10. The molecule has 0 aliphatic carbocycles. The van der Waals surface area contributed by atoms with Gasteiger partial charge in [-0.15, -0.1) is 11.3 Å². The zero-order valence-electron chi connectivity index (χ0n) is 11.3. The summed E-state index contributed by atoms with van der Waals surface area (Å²) in [6, 6.07) is 14.8. The molecule has 3 heteroatoms. The van der Waals surface area contributed by atoms with E-state index in [0.29, 0.717) is 0 Å². The van der Waals surface area contributed by atoms with Crippen molar-refractivity contribution in [1.82, 2.24) is 4.98 Å². The van der Waals surface area contributed by atoms with Crippen molar-refractivity contribution in [3.8, 4) is 0 Å². The van der Waals surface area contributed by atoms with Gasteiger partial charge in [0.25, 0.3) is 0 Å². The van der Waals surface area contributed by atoms with E-state index < -0.39 is 0 Å². The molecule has 0 amide bonds. The Bertz CT molecular complexity index is 676. The third-order valence-electron chi connectivity index (χ3n) is 3.54. The van der Waals surface area contributed by atoms with E-state index in [1.54, 1.807) is 11.3 Å². The number of hydrogen-bond donors (Lipinski definition) is 1. The summed E-state index contributed by atoms with van der Waals surface area (Å²) >= 11 is 1.80. The molecule has 2 nitrogen and oxygen atoms in total. The van der Waals surface area contributed by atoms with Gasteiger partial charge < -0.3 is 5.73 Å². The zero-order valence-corrected chi connectivity index (χ0v) is 12.1. The molecule has 0 aliphatic rings. The first-order valence-electron chi connectivity index (χ1n) is 6.93. The number of aromatic nitrogens is 1. The van der Waals surface area contributed by atoms with Crippen LogP contribution in [-0.4, -0.2) is 11.0 Å². The van der Waals surface area contributed by atoms with E-state index in [4.69, 9.17) is 5.73 Å². The molecule has 1 aromatic carbocycles. The van der Waals surface area contributed by atoms with Crippen LogP contribution in [-0.2, 0) is 12.8 Å². The lowest BCUT2D eigenvalue weighted by atomic mass is 10.0. The van der Waals surface area contributed by atoms with E-state index in [9.17, 15) is 0 Å². The van der Waals surface area contributed by atoms with Crippen LogP contribution in [0.25, 0.3) is 10.1 Å². The fourth-order valence-corrected chi connectivity index (χ4v) is 3.43. The largest absolute Gasteiger partial charge is 0.327 e. The Morgan fingerprint density at radius 1 is 1.10 bits per heavy atom. The number of rotatable bonds is 5. The van der Waals surface area contributed by atoms with E-state index in [0.717, 1.165) is 25.0 Å². The Kier molecular flexibility index (Phi) is 4.09. The molecule has 2 heterocycles. The van der Waals surface area contributed by atoms with Gasteiger partial charge in [-0.2, -0.15) is 0 Å². The van der Waals surface area contributed by atoms with E-state index in [1.807, 2.05) is 18.3 Å². The molecule has 2 aromatic heterocycles. The molecule has 0 saturated heterocycles. The maximum Gasteiger partial charge on any atom is 0.0404 e. The Labute approximate surface area is 123 Å². The SMILES string of the molecule is NC(CCc1ccccn1)Cc1csc2ccccc12. The second-order valence-electron chi connectivity index (χ2n) is 5.08. The van der Waals surface area contributed by atoms with E-state index in [2.05, 4.69) is 40.7 Å². The number of hydrogen-bond acceptors (Lipinski definition) is 3. The summed E-state index contributed by atoms with van der Waals surface area (Å²) in [6.07, 6.45) is 4.70. The normalized spacial score (nSPS) is 12.7. The number of nitrogens with zero attached hydrogens (tertiary/aromatic N) is 1. The first kappa shape index (κ1) is 13.3. The molecule has 2 N–H and O–H groups in total. The fraction of sp³-hybridized carbons (Fsp3) is 0.235. The third-order valence-corrected chi connectivity index (χ3v) is 4.55. The monoisotopic (exact) mass is 282 g/mol. The maximum absolute atomic E-state index is 6.28. The van der Waals surface area contributed by atoms with Gasteiger partial charge in [-0.25, -0.2) is 0 Å². The lowest BCUT2D eigenvalue weighted by Crippen LogP contribution is -2.23. The second kappa shape index (κ2) is 6.16. The Morgan fingerprint density at radius 3 is 2.80 bits per heavy atom. The van der Waals surface area contributed by atoms with Gasteiger partial charge in [0.15, 0.2) is 0 Å². The molecule has 0 fully saturated rings. The van der Waals surface area contributed by atoms with Crippen molar-refractivity contribution in [2.24, 2.45) is 5.73 Å². The van der Waals surface area contributed by atoms with Crippen molar-refractivity contribution in [3.63, 3.8) is 0 Å². The minimum absolute atomic E-state index is 0.190. The lowest BCUT2D eigenvalue weighted by molar-refractivity contribution is 0.607. The van der Waals surface area contributed by atoms with Crippen molar-refractivity contribution < 1.29 is 0 Å². The van der Waals surface area contributed by atoms with Crippen LogP contribution >= 0.6 is 11.3 Å². The molecule has 1 atom stereocenters. The topological polar surface area (TPSA) is 38.9 Å². The molecule has 1 unspecified atom stereocenters. The predicted molar refractivity (Wildman–Crippen MR) is 86.1 cm³/mol. The highest BCUT2D eigenvalue weighted by molar-refractivity contribution is 7.17. The van der Waals surface area contributed by atoms with Crippen molar-refractivity contribution in [1.29, 1.82) is 0 Å². The summed E-state index contributed by atoms with van der Waals surface area (Å²) in [6.45, 7) is 0. The van der Waals surface area contributed by atoms with Gasteiger partial charge in [-0.05, 0) is 53.8 Å².